The highest BCUT2D eigenvalue weighted by atomic mass is 35.5. The molecule has 0 aliphatic carbocycles. The Morgan fingerprint density at radius 3 is 2.07 bits per heavy atom. The van der Waals surface area contributed by atoms with E-state index in [2.05, 4.69) is 10.6 Å². The van der Waals surface area contributed by atoms with Gasteiger partial charge in [0.25, 0.3) is 0 Å². The number of alkyl halides is 3. The van der Waals surface area contributed by atoms with Crippen molar-refractivity contribution in [3.8, 4) is 0 Å². The summed E-state index contributed by atoms with van der Waals surface area (Å²) in [7, 11) is 1.57. The van der Waals surface area contributed by atoms with Crippen molar-refractivity contribution in [2.75, 3.05) is 30.8 Å². The summed E-state index contributed by atoms with van der Waals surface area (Å²) in [5.74, 6) is -0.810. The molecule has 0 aromatic heterocycles. The Morgan fingerprint density at radius 2 is 1.52 bits per heavy atom. The van der Waals surface area contributed by atoms with Crippen molar-refractivity contribution < 1.29 is 22.8 Å². The Morgan fingerprint density at radius 1 is 0.963 bits per heavy atom. The number of rotatable bonds is 6. The lowest BCUT2D eigenvalue weighted by Crippen LogP contribution is -2.36. The molecular weight excluding hydrogens is 383 g/mol. The molecule has 9 heteroatoms. The minimum atomic E-state index is -4.43. The summed E-state index contributed by atoms with van der Waals surface area (Å²) in [6, 6.07) is 10.9. The van der Waals surface area contributed by atoms with E-state index in [0.29, 0.717) is 10.7 Å². The van der Waals surface area contributed by atoms with Crippen molar-refractivity contribution >= 4 is 34.8 Å². The zero-order valence-electron chi connectivity index (χ0n) is 14.3. The first-order valence-corrected chi connectivity index (χ1v) is 8.23. The Labute approximate surface area is 159 Å². The second kappa shape index (κ2) is 8.88. The zero-order valence-corrected chi connectivity index (χ0v) is 15.1. The van der Waals surface area contributed by atoms with E-state index in [1.807, 2.05) is 0 Å². The maximum Gasteiger partial charge on any atom is 0.416 e. The van der Waals surface area contributed by atoms with Gasteiger partial charge in [0, 0.05) is 5.69 Å². The summed E-state index contributed by atoms with van der Waals surface area (Å²) >= 11 is 5.96. The Kier molecular flexibility index (Phi) is 6.81. The largest absolute Gasteiger partial charge is 0.416 e. The molecule has 0 spiro atoms. The van der Waals surface area contributed by atoms with Crippen LogP contribution in [0.15, 0.2) is 48.5 Å². The smallest absolute Gasteiger partial charge is 0.325 e. The molecule has 2 amide bonds. The van der Waals surface area contributed by atoms with Crippen LogP contribution in [0.3, 0.4) is 0 Å². The third-order valence-corrected chi connectivity index (χ3v) is 3.80. The Balaban J connectivity index is 1.83. The van der Waals surface area contributed by atoms with Crippen molar-refractivity contribution in [2.24, 2.45) is 0 Å². The van der Waals surface area contributed by atoms with Crippen LogP contribution in [0.4, 0.5) is 24.5 Å². The van der Waals surface area contributed by atoms with E-state index >= 15 is 0 Å². The van der Waals surface area contributed by atoms with Gasteiger partial charge in [-0.2, -0.15) is 13.2 Å². The predicted octanol–water partition coefficient (Wildman–Crippen LogP) is 3.87. The Bertz CT molecular complexity index is 810. The molecule has 0 aliphatic heterocycles. The molecule has 144 valence electrons. The van der Waals surface area contributed by atoms with E-state index in [1.54, 1.807) is 31.3 Å². The molecule has 0 heterocycles. The molecule has 0 unspecified atom stereocenters. The maximum absolute atomic E-state index is 12.5. The molecule has 0 bridgehead atoms. The maximum atomic E-state index is 12.5. The number of para-hydroxylation sites is 1. The van der Waals surface area contributed by atoms with Gasteiger partial charge in [-0.25, -0.2) is 0 Å². The number of halogens is 4. The number of anilines is 2. The van der Waals surface area contributed by atoms with Gasteiger partial charge in [-0.1, -0.05) is 23.7 Å². The standard InChI is InChI=1S/C18H17ClF3N3O2/c1-25(11-17(27)24-15-5-3-2-4-14(15)19)10-16(26)23-13-8-6-12(7-9-13)18(20,21)22/h2-9H,10-11H2,1H3,(H,23,26)(H,24,27). The average Bonchev–Trinajstić information content (AvgIpc) is 2.56. The van der Waals surface area contributed by atoms with Crippen LogP contribution < -0.4 is 10.6 Å². The van der Waals surface area contributed by atoms with E-state index in [4.69, 9.17) is 11.6 Å². The molecule has 0 atom stereocenters. The van der Waals surface area contributed by atoms with Crippen LogP contribution in [0.25, 0.3) is 0 Å². The summed E-state index contributed by atoms with van der Waals surface area (Å²) < 4.78 is 37.5. The molecule has 2 aromatic carbocycles. The van der Waals surface area contributed by atoms with Gasteiger partial charge in [-0.3, -0.25) is 14.5 Å². The van der Waals surface area contributed by atoms with Crippen molar-refractivity contribution in [1.82, 2.24) is 4.90 Å². The number of nitrogens with one attached hydrogen (secondary N) is 2. The molecular formula is C18H17ClF3N3O2. The summed E-state index contributed by atoms with van der Waals surface area (Å²) in [6.07, 6.45) is -4.43. The van der Waals surface area contributed by atoms with E-state index < -0.39 is 17.6 Å². The number of amides is 2. The quantitative estimate of drug-likeness (QED) is 0.775. The van der Waals surface area contributed by atoms with Gasteiger partial charge in [0.05, 0.1) is 29.4 Å². The second-order valence-corrected chi connectivity index (χ2v) is 6.23. The summed E-state index contributed by atoms with van der Waals surface area (Å²) in [5.41, 5.74) is -0.0949. The first-order valence-electron chi connectivity index (χ1n) is 7.85. The molecule has 2 rings (SSSR count). The minimum absolute atomic E-state index is 0.0638. The van der Waals surface area contributed by atoms with Gasteiger partial charge in [-0.15, -0.1) is 0 Å². The van der Waals surface area contributed by atoms with Crippen molar-refractivity contribution in [1.29, 1.82) is 0 Å². The summed E-state index contributed by atoms with van der Waals surface area (Å²) in [5, 5.41) is 5.51. The third kappa shape index (κ3) is 6.58. The average molecular weight is 400 g/mol. The lowest BCUT2D eigenvalue weighted by molar-refractivity contribution is -0.137. The van der Waals surface area contributed by atoms with Gasteiger partial charge in [0.1, 0.15) is 0 Å². The van der Waals surface area contributed by atoms with Crippen molar-refractivity contribution in [3.63, 3.8) is 0 Å². The number of hydrogen-bond acceptors (Lipinski definition) is 3. The molecule has 0 radical (unpaired) electrons. The van der Waals surface area contributed by atoms with Crippen LogP contribution in [0.2, 0.25) is 5.02 Å². The van der Waals surface area contributed by atoms with E-state index in [1.165, 1.54) is 17.0 Å². The molecule has 5 nitrogen and oxygen atoms in total. The number of benzene rings is 2. The van der Waals surface area contributed by atoms with Crippen molar-refractivity contribution in [2.45, 2.75) is 6.18 Å². The lowest BCUT2D eigenvalue weighted by Gasteiger charge is -2.16. The van der Waals surface area contributed by atoms with Gasteiger partial charge in [0.2, 0.25) is 11.8 Å². The number of carbonyl (C=O) groups excluding carboxylic acids is 2. The number of likely N-dealkylation sites (N-methyl/N-ethyl adjacent to an activating group) is 1. The minimum Gasteiger partial charge on any atom is -0.325 e. The highest BCUT2D eigenvalue weighted by Crippen LogP contribution is 2.29. The highest BCUT2D eigenvalue weighted by molar-refractivity contribution is 6.33. The van der Waals surface area contributed by atoms with Crippen LogP contribution in [0.5, 0.6) is 0 Å². The normalized spacial score (nSPS) is 11.3. The van der Waals surface area contributed by atoms with Gasteiger partial charge < -0.3 is 10.6 Å². The molecule has 0 saturated heterocycles. The van der Waals surface area contributed by atoms with Crippen LogP contribution >= 0.6 is 11.6 Å². The lowest BCUT2D eigenvalue weighted by atomic mass is 10.2. The topological polar surface area (TPSA) is 61.4 Å². The van der Waals surface area contributed by atoms with Gasteiger partial charge in [-0.05, 0) is 43.4 Å². The predicted molar refractivity (Wildman–Crippen MR) is 97.7 cm³/mol. The first-order chi connectivity index (χ1) is 12.6. The fourth-order valence-electron chi connectivity index (χ4n) is 2.24. The van der Waals surface area contributed by atoms with E-state index in [-0.39, 0.29) is 24.7 Å². The summed E-state index contributed by atoms with van der Waals surface area (Å²) in [4.78, 5) is 25.4. The fraction of sp³-hybridized carbons (Fsp3) is 0.222. The van der Waals surface area contributed by atoms with Gasteiger partial charge >= 0.3 is 6.18 Å². The molecule has 0 fully saturated rings. The third-order valence-electron chi connectivity index (χ3n) is 3.47. The Hall–Kier alpha value is -2.58. The molecule has 0 saturated carbocycles. The fourth-order valence-corrected chi connectivity index (χ4v) is 2.42. The second-order valence-electron chi connectivity index (χ2n) is 5.82. The molecule has 2 aromatic rings. The van der Waals surface area contributed by atoms with Crippen LogP contribution in [0.1, 0.15) is 5.56 Å². The van der Waals surface area contributed by atoms with Crippen LogP contribution in [0, 0.1) is 0 Å². The van der Waals surface area contributed by atoms with E-state index in [9.17, 15) is 22.8 Å². The highest BCUT2D eigenvalue weighted by Gasteiger charge is 2.30. The number of nitrogens with zero attached hydrogens (tertiary/aromatic N) is 1. The van der Waals surface area contributed by atoms with E-state index in [0.717, 1.165) is 12.1 Å². The van der Waals surface area contributed by atoms with Crippen LogP contribution in [-0.4, -0.2) is 36.9 Å². The molecule has 27 heavy (non-hydrogen) atoms. The monoisotopic (exact) mass is 399 g/mol. The summed E-state index contributed by atoms with van der Waals surface area (Å²) in [6.45, 7) is -0.178. The SMILES string of the molecule is CN(CC(=O)Nc1ccc(C(F)(F)F)cc1)CC(=O)Nc1ccccc1Cl. The number of hydrogen-bond donors (Lipinski definition) is 2. The van der Waals surface area contributed by atoms with Crippen LogP contribution in [-0.2, 0) is 15.8 Å². The molecule has 2 N–H and O–H groups in total. The molecule has 0 aliphatic rings. The van der Waals surface area contributed by atoms with Crippen molar-refractivity contribution in [3.05, 3.63) is 59.1 Å². The van der Waals surface area contributed by atoms with Gasteiger partial charge in [0.15, 0.2) is 0 Å². The number of carbonyl (C=O) groups is 2. The first kappa shape index (κ1) is 20.7. The zero-order chi connectivity index (χ0) is 20.0.